The van der Waals surface area contributed by atoms with Gasteiger partial charge < -0.3 is 15.7 Å². The molecular formula is C17H30N2O. The van der Waals surface area contributed by atoms with Gasteiger partial charge in [0.2, 0.25) is 0 Å². The molecule has 1 aromatic rings. The van der Waals surface area contributed by atoms with Gasteiger partial charge in [0, 0.05) is 19.6 Å². The van der Waals surface area contributed by atoms with E-state index in [9.17, 15) is 5.11 Å². The van der Waals surface area contributed by atoms with Crippen LogP contribution in [0.3, 0.4) is 0 Å². The third kappa shape index (κ3) is 4.58. The van der Waals surface area contributed by atoms with E-state index in [-0.39, 0.29) is 6.54 Å². The average molecular weight is 278 g/mol. The Labute approximate surface area is 123 Å². The molecule has 0 aliphatic heterocycles. The SMILES string of the molecule is CCC(CC)CN(CC)CC(O)(CN)c1ccccc1. The van der Waals surface area contributed by atoms with E-state index in [1.807, 2.05) is 30.3 Å². The molecule has 0 spiro atoms. The Morgan fingerprint density at radius 3 is 2.20 bits per heavy atom. The number of nitrogens with two attached hydrogens (primary N) is 1. The van der Waals surface area contributed by atoms with Crippen LogP contribution in [0.2, 0.25) is 0 Å². The first kappa shape index (κ1) is 17.2. The maximum atomic E-state index is 10.9. The van der Waals surface area contributed by atoms with Gasteiger partial charge in [-0.25, -0.2) is 0 Å². The molecule has 0 amide bonds. The Balaban J connectivity index is 2.79. The van der Waals surface area contributed by atoms with E-state index in [4.69, 9.17) is 5.73 Å². The molecule has 0 fully saturated rings. The highest BCUT2D eigenvalue weighted by molar-refractivity contribution is 5.23. The summed E-state index contributed by atoms with van der Waals surface area (Å²) in [4.78, 5) is 2.32. The lowest BCUT2D eigenvalue weighted by atomic mass is 9.92. The number of hydrogen-bond acceptors (Lipinski definition) is 3. The molecule has 20 heavy (non-hydrogen) atoms. The molecule has 0 radical (unpaired) electrons. The summed E-state index contributed by atoms with van der Waals surface area (Å²) in [5.74, 6) is 0.688. The Bertz CT molecular complexity index is 365. The molecule has 0 saturated heterocycles. The predicted molar refractivity (Wildman–Crippen MR) is 85.6 cm³/mol. The summed E-state index contributed by atoms with van der Waals surface area (Å²) >= 11 is 0. The lowest BCUT2D eigenvalue weighted by molar-refractivity contribution is 0.00377. The summed E-state index contributed by atoms with van der Waals surface area (Å²) in [5, 5.41) is 10.9. The highest BCUT2D eigenvalue weighted by Crippen LogP contribution is 2.22. The fourth-order valence-corrected chi connectivity index (χ4v) is 2.61. The van der Waals surface area contributed by atoms with Crippen molar-refractivity contribution in [3.05, 3.63) is 35.9 Å². The van der Waals surface area contributed by atoms with E-state index >= 15 is 0 Å². The number of hydrogen-bond donors (Lipinski definition) is 2. The van der Waals surface area contributed by atoms with Crippen LogP contribution in [-0.2, 0) is 5.60 Å². The fraction of sp³-hybridized carbons (Fsp3) is 0.647. The summed E-state index contributed by atoms with van der Waals surface area (Å²) in [6.45, 7) is 9.41. The first-order chi connectivity index (χ1) is 9.59. The van der Waals surface area contributed by atoms with Gasteiger partial charge in [-0.1, -0.05) is 63.9 Å². The normalized spacial score (nSPS) is 14.8. The summed E-state index contributed by atoms with van der Waals surface area (Å²) in [6, 6.07) is 9.78. The van der Waals surface area contributed by atoms with E-state index in [1.165, 1.54) is 12.8 Å². The summed E-state index contributed by atoms with van der Waals surface area (Å²) in [7, 11) is 0. The van der Waals surface area contributed by atoms with Gasteiger partial charge in [0.25, 0.3) is 0 Å². The maximum absolute atomic E-state index is 10.9. The lowest BCUT2D eigenvalue weighted by Crippen LogP contribution is -2.47. The van der Waals surface area contributed by atoms with Crippen LogP contribution in [-0.4, -0.2) is 36.2 Å². The van der Waals surface area contributed by atoms with Gasteiger partial charge in [0.1, 0.15) is 5.60 Å². The van der Waals surface area contributed by atoms with Crippen LogP contribution in [0.15, 0.2) is 30.3 Å². The molecule has 3 N–H and O–H groups in total. The molecule has 0 aromatic heterocycles. The molecule has 0 bridgehead atoms. The minimum atomic E-state index is -0.955. The zero-order chi connectivity index (χ0) is 15.0. The predicted octanol–water partition coefficient (Wildman–Crippen LogP) is 2.59. The van der Waals surface area contributed by atoms with Crippen molar-refractivity contribution in [1.82, 2.24) is 4.90 Å². The molecule has 3 heteroatoms. The van der Waals surface area contributed by atoms with Crippen LogP contribution >= 0.6 is 0 Å². The lowest BCUT2D eigenvalue weighted by Gasteiger charge is -2.35. The van der Waals surface area contributed by atoms with Gasteiger partial charge in [0.05, 0.1) is 0 Å². The van der Waals surface area contributed by atoms with Crippen LogP contribution < -0.4 is 5.73 Å². The van der Waals surface area contributed by atoms with E-state index in [1.54, 1.807) is 0 Å². The van der Waals surface area contributed by atoms with Gasteiger partial charge >= 0.3 is 0 Å². The van der Waals surface area contributed by atoms with E-state index < -0.39 is 5.60 Å². The number of nitrogens with zero attached hydrogens (tertiary/aromatic N) is 1. The summed E-state index contributed by atoms with van der Waals surface area (Å²) in [5.41, 5.74) is 5.81. The van der Waals surface area contributed by atoms with E-state index in [2.05, 4.69) is 25.7 Å². The van der Waals surface area contributed by atoms with Crippen LogP contribution in [0.4, 0.5) is 0 Å². The quantitative estimate of drug-likeness (QED) is 0.730. The fourth-order valence-electron chi connectivity index (χ4n) is 2.61. The number of aliphatic hydroxyl groups is 1. The Hall–Kier alpha value is -0.900. The third-order valence-electron chi connectivity index (χ3n) is 4.25. The average Bonchev–Trinajstić information content (AvgIpc) is 2.52. The number of likely N-dealkylation sites (N-methyl/N-ethyl adjacent to an activating group) is 1. The van der Waals surface area contributed by atoms with Crippen molar-refractivity contribution in [2.24, 2.45) is 11.7 Å². The molecule has 0 aliphatic rings. The highest BCUT2D eigenvalue weighted by Gasteiger charge is 2.30. The zero-order valence-electron chi connectivity index (χ0n) is 13.2. The molecule has 3 nitrogen and oxygen atoms in total. The third-order valence-corrected chi connectivity index (χ3v) is 4.25. The van der Waals surface area contributed by atoms with Gasteiger partial charge in [-0.15, -0.1) is 0 Å². The van der Waals surface area contributed by atoms with Crippen LogP contribution in [0.25, 0.3) is 0 Å². The molecule has 1 atom stereocenters. The summed E-state index contributed by atoms with van der Waals surface area (Å²) < 4.78 is 0. The largest absolute Gasteiger partial charge is 0.382 e. The van der Waals surface area contributed by atoms with Crippen molar-refractivity contribution in [1.29, 1.82) is 0 Å². The van der Waals surface area contributed by atoms with Crippen LogP contribution in [0.5, 0.6) is 0 Å². The minimum Gasteiger partial charge on any atom is -0.382 e. The second kappa shape index (κ2) is 8.40. The van der Waals surface area contributed by atoms with Crippen LogP contribution in [0, 0.1) is 5.92 Å². The second-order valence-corrected chi connectivity index (χ2v) is 5.61. The molecule has 0 heterocycles. The van der Waals surface area contributed by atoms with Crippen molar-refractivity contribution in [3.8, 4) is 0 Å². The smallest absolute Gasteiger partial charge is 0.114 e. The van der Waals surface area contributed by atoms with Gasteiger partial charge in [-0.05, 0) is 18.0 Å². The molecular weight excluding hydrogens is 248 g/mol. The second-order valence-electron chi connectivity index (χ2n) is 5.61. The van der Waals surface area contributed by atoms with Gasteiger partial charge in [-0.3, -0.25) is 0 Å². The molecule has 1 unspecified atom stereocenters. The standard InChI is InChI=1S/C17H30N2O/c1-4-15(5-2)12-19(6-3)14-17(20,13-18)16-10-8-7-9-11-16/h7-11,15,20H,4-6,12-14,18H2,1-3H3. The Morgan fingerprint density at radius 1 is 1.15 bits per heavy atom. The molecule has 0 saturated carbocycles. The van der Waals surface area contributed by atoms with Crippen molar-refractivity contribution in [2.45, 2.75) is 39.2 Å². The van der Waals surface area contributed by atoms with Crippen molar-refractivity contribution < 1.29 is 5.11 Å². The maximum Gasteiger partial charge on any atom is 0.114 e. The Kier molecular flexibility index (Phi) is 7.20. The first-order valence-corrected chi connectivity index (χ1v) is 7.79. The van der Waals surface area contributed by atoms with E-state index in [0.29, 0.717) is 12.5 Å². The molecule has 0 aliphatic carbocycles. The minimum absolute atomic E-state index is 0.246. The molecule has 1 rings (SSSR count). The van der Waals surface area contributed by atoms with Gasteiger partial charge in [-0.2, -0.15) is 0 Å². The van der Waals surface area contributed by atoms with Gasteiger partial charge in [0.15, 0.2) is 0 Å². The zero-order valence-corrected chi connectivity index (χ0v) is 13.2. The number of rotatable bonds is 9. The van der Waals surface area contributed by atoms with Crippen molar-refractivity contribution >= 4 is 0 Å². The monoisotopic (exact) mass is 278 g/mol. The highest BCUT2D eigenvalue weighted by atomic mass is 16.3. The van der Waals surface area contributed by atoms with Crippen molar-refractivity contribution in [3.63, 3.8) is 0 Å². The number of benzene rings is 1. The molecule has 114 valence electrons. The van der Waals surface area contributed by atoms with Crippen LogP contribution in [0.1, 0.15) is 39.2 Å². The first-order valence-electron chi connectivity index (χ1n) is 7.79. The topological polar surface area (TPSA) is 49.5 Å². The van der Waals surface area contributed by atoms with E-state index in [0.717, 1.165) is 18.7 Å². The summed E-state index contributed by atoms with van der Waals surface area (Å²) in [6.07, 6.45) is 2.36. The Morgan fingerprint density at radius 2 is 1.75 bits per heavy atom. The van der Waals surface area contributed by atoms with Crippen molar-refractivity contribution in [2.75, 3.05) is 26.2 Å². The molecule has 1 aromatic carbocycles.